The molecule has 114 valence electrons. The molecule has 1 rings (SSSR count). The number of nitrogens with one attached hydrogen (secondary N) is 1. The van der Waals surface area contributed by atoms with Crippen LogP contribution in [-0.4, -0.2) is 20.2 Å². The van der Waals surface area contributed by atoms with Gasteiger partial charge in [0.2, 0.25) is 0 Å². The largest absolute Gasteiger partial charge is 0.496 e. The van der Waals surface area contributed by atoms with Crippen molar-refractivity contribution in [2.45, 2.75) is 46.5 Å². The second-order valence-corrected chi connectivity index (χ2v) is 6.56. The Hall–Kier alpha value is -0.730. The molecule has 0 saturated carbocycles. The van der Waals surface area contributed by atoms with Gasteiger partial charge >= 0.3 is 0 Å². The fourth-order valence-electron chi connectivity index (χ4n) is 2.27. The van der Waals surface area contributed by atoms with Crippen molar-refractivity contribution in [2.24, 2.45) is 5.41 Å². The minimum absolute atomic E-state index is 0.327. The summed E-state index contributed by atoms with van der Waals surface area (Å²) in [4.78, 5) is 0. The number of halogens is 1. The fourth-order valence-corrected chi connectivity index (χ4v) is 2.46. The van der Waals surface area contributed by atoms with Crippen molar-refractivity contribution >= 4 is 11.6 Å². The third kappa shape index (κ3) is 6.15. The van der Waals surface area contributed by atoms with Gasteiger partial charge in [-0.2, -0.15) is 0 Å². The van der Waals surface area contributed by atoms with E-state index in [0.717, 1.165) is 36.7 Å². The van der Waals surface area contributed by atoms with Crippen LogP contribution in [-0.2, 0) is 6.42 Å². The first-order valence-corrected chi connectivity index (χ1v) is 7.89. The Labute approximate surface area is 128 Å². The van der Waals surface area contributed by atoms with Crippen molar-refractivity contribution in [3.05, 3.63) is 28.8 Å². The van der Waals surface area contributed by atoms with Gasteiger partial charge in [-0.15, -0.1) is 0 Å². The van der Waals surface area contributed by atoms with Gasteiger partial charge in [0.25, 0.3) is 0 Å². The summed E-state index contributed by atoms with van der Waals surface area (Å²) in [6.07, 6.45) is 4.53. The maximum Gasteiger partial charge on any atom is 0.122 e. The number of hydrogen-bond donors (Lipinski definition) is 1. The molecule has 0 fully saturated rings. The zero-order valence-electron chi connectivity index (χ0n) is 13.3. The Morgan fingerprint density at radius 3 is 2.60 bits per heavy atom. The van der Waals surface area contributed by atoms with E-state index in [1.54, 1.807) is 7.11 Å². The van der Waals surface area contributed by atoms with E-state index in [1.807, 2.05) is 18.2 Å². The molecule has 0 heterocycles. The number of rotatable bonds is 9. The summed E-state index contributed by atoms with van der Waals surface area (Å²) < 4.78 is 5.41. The number of benzene rings is 1. The molecule has 0 aliphatic rings. The number of methoxy groups -OCH3 is 1. The molecule has 0 aromatic heterocycles. The Kier molecular flexibility index (Phi) is 7.39. The van der Waals surface area contributed by atoms with Crippen molar-refractivity contribution in [1.82, 2.24) is 5.32 Å². The molecule has 0 atom stereocenters. The highest BCUT2D eigenvalue weighted by molar-refractivity contribution is 6.30. The summed E-state index contributed by atoms with van der Waals surface area (Å²) in [5.41, 5.74) is 1.53. The lowest BCUT2D eigenvalue weighted by molar-refractivity contribution is 0.300. The predicted molar refractivity (Wildman–Crippen MR) is 87.9 cm³/mol. The topological polar surface area (TPSA) is 21.3 Å². The van der Waals surface area contributed by atoms with Crippen LogP contribution in [0.5, 0.6) is 5.75 Å². The van der Waals surface area contributed by atoms with E-state index >= 15 is 0 Å². The van der Waals surface area contributed by atoms with Crippen LogP contribution in [0.15, 0.2) is 18.2 Å². The highest BCUT2D eigenvalue weighted by Crippen LogP contribution is 2.30. The molecule has 20 heavy (non-hydrogen) atoms. The van der Waals surface area contributed by atoms with Crippen LogP contribution in [0.1, 0.15) is 45.6 Å². The quantitative estimate of drug-likeness (QED) is 0.667. The molecular weight excluding hydrogens is 270 g/mol. The summed E-state index contributed by atoms with van der Waals surface area (Å²) >= 11 is 6.08. The molecule has 0 amide bonds. The molecule has 0 spiro atoms. The second-order valence-electron chi connectivity index (χ2n) is 6.12. The molecule has 2 nitrogen and oxygen atoms in total. The normalized spacial score (nSPS) is 11.7. The van der Waals surface area contributed by atoms with E-state index in [-0.39, 0.29) is 0 Å². The molecule has 0 aliphatic carbocycles. The van der Waals surface area contributed by atoms with Crippen molar-refractivity contribution in [1.29, 1.82) is 0 Å². The summed E-state index contributed by atoms with van der Waals surface area (Å²) in [6.45, 7) is 9.06. The van der Waals surface area contributed by atoms with E-state index in [0.29, 0.717) is 5.41 Å². The number of ether oxygens (including phenoxy) is 1. The van der Waals surface area contributed by atoms with Gasteiger partial charge in [0.1, 0.15) is 5.75 Å². The third-order valence-electron chi connectivity index (χ3n) is 3.72. The van der Waals surface area contributed by atoms with Gasteiger partial charge in [0, 0.05) is 5.02 Å². The summed E-state index contributed by atoms with van der Waals surface area (Å²) in [6, 6.07) is 5.85. The molecule has 0 bridgehead atoms. The molecule has 1 aromatic rings. The molecule has 0 aliphatic heterocycles. The predicted octanol–water partition coefficient (Wildman–Crippen LogP) is 4.70. The van der Waals surface area contributed by atoms with Gasteiger partial charge in [-0.05, 0) is 68.0 Å². The standard InChI is InChI=1S/C17H28ClNO/c1-5-11-19-12-10-17(2,3)9-8-14-13-15(18)6-7-16(14)20-4/h6-7,13,19H,5,8-12H2,1-4H3. The van der Waals surface area contributed by atoms with E-state index in [1.165, 1.54) is 18.4 Å². The van der Waals surface area contributed by atoms with Crippen molar-refractivity contribution < 1.29 is 4.74 Å². The zero-order valence-corrected chi connectivity index (χ0v) is 14.0. The second kappa shape index (κ2) is 8.53. The van der Waals surface area contributed by atoms with Gasteiger partial charge < -0.3 is 10.1 Å². The van der Waals surface area contributed by atoms with Crippen LogP contribution >= 0.6 is 11.6 Å². The van der Waals surface area contributed by atoms with Crippen LogP contribution in [0, 0.1) is 5.41 Å². The first kappa shape index (κ1) is 17.3. The van der Waals surface area contributed by atoms with E-state index in [2.05, 4.69) is 26.1 Å². The van der Waals surface area contributed by atoms with Crippen molar-refractivity contribution in [3.63, 3.8) is 0 Å². The fraction of sp³-hybridized carbons (Fsp3) is 0.647. The molecular formula is C17H28ClNO. The van der Waals surface area contributed by atoms with Crippen molar-refractivity contribution in [2.75, 3.05) is 20.2 Å². The van der Waals surface area contributed by atoms with Crippen LogP contribution in [0.4, 0.5) is 0 Å². The summed E-state index contributed by atoms with van der Waals surface area (Å²) in [5, 5.41) is 4.26. The van der Waals surface area contributed by atoms with Crippen LogP contribution in [0.3, 0.4) is 0 Å². The first-order valence-electron chi connectivity index (χ1n) is 7.51. The van der Waals surface area contributed by atoms with E-state index < -0.39 is 0 Å². The average molecular weight is 298 g/mol. The summed E-state index contributed by atoms with van der Waals surface area (Å²) in [5.74, 6) is 0.939. The lowest BCUT2D eigenvalue weighted by Crippen LogP contribution is -2.23. The van der Waals surface area contributed by atoms with Crippen LogP contribution < -0.4 is 10.1 Å². The highest BCUT2D eigenvalue weighted by atomic mass is 35.5. The molecule has 0 saturated heterocycles. The molecule has 1 aromatic carbocycles. The van der Waals surface area contributed by atoms with Gasteiger partial charge in [-0.3, -0.25) is 0 Å². The van der Waals surface area contributed by atoms with Crippen molar-refractivity contribution in [3.8, 4) is 5.75 Å². The van der Waals surface area contributed by atoms with E-state index in [9.17, 15) is 0 Å². The lowest BCUT2D eigenvalue weighted by atomic mass is 9.83. The maximum absolute atomic E-state index is 6.08. The van der Waals surface area contributed by atoms with E-state index in [4.69, 9.17) is 16.3 Å². The first-order chi connectivity index (χ1) is 9.48. The number of hydrogen-bond acceptors (Lipinski definition) is 2. The molecule has 1 N–H and O–H groups in total. The Bertz CT molecular complexity index is 404. The minimum atomic E-state index is 0.327. The molecule has 0 radical (unpaired) electrons. The average Bonchev–Trinajstić information content (AvgIpc) is 2.42. The maximum atomic E-state index is 6.08. The van der Waals surface area contributed by atoms with Gasteiger partial charge in [-0.25, -0.2) is 0 Å². The highest BCUT2D eigenvalue weighted by Gasteiger charge is 2.18. The summed E-state index contributed by atoms with van der Waals surface area (Å²) in [7, 11) is 1.71. The zero-order chi connectivity index (χ0) is 15.0. The Morgan fingerprint density at radius 2 is 1.95 bits per heavy atom. The Morgan fingerprint density at radius 1 is 1.20 bits per heavy atom. The number of aryl methyl sites for hydroxylation is 1. The van der Waals surface area contributed by atoms with Gasteiger partial charge in [0.05, 0.1) is 7.11 Å². The van der Waals surface area contributed by atoms with Gasteiger partial charge in [-0.1, -0.05) is 32.4 Å². The SMILES string of the molecule is CCCNCCC(C)(C)CCc1cc(Cl)ccc1OC. The molecule has 0 unspecified atom stereocenters. The molecule has 3 heteroatoms. The van der Waals surface area contributed by atoms with Crippen LogP contribution in [0.25, 0.3) is 0 Å². The minimum Gasteiger partial charge on any atom is -0.496 e. The lowest BCUT2D eigenvalue weighted by Gasteiger charge is -2.25. The Balaban J connectivity index is 2.50. The van der Waals surface area contributed by atoms with Gasteiger partial charge in [0.15, 0.2) is 0 Å². The third-order valence-corrected chi connectivity index (χ3v) is 3.95. The smallest absolute Gasteiger partial charge is 0.122 e. The van der Waals surface area contributed by atoms with Crippen LogP contribution in [0.2, 0.25) is 5.02 Å². The monoisotopic (exact) mass is 297 g/mol.